The summed E-state index contributed by atoms with van der Waals surface area (Å²) in [6.07, 6.45) is 2.33. The van der Waals surface area contributed by atoms with Gasteiger partial charge in [0.1, 0.15) is 0 Å². The number of hydrogen-bond acceptors (Lipinski definition) is 4. The number of methoxy groups -OCH3 is 1. The Morgan fingerprint density at radius 1 is 1.27 bits per heavy atom. The Balaban J connectivity index is 2.60. The molecule has 0 saturated carbocycles. The maximum absolute atomic E-state index is 11.4. The number of ether oxygens (including phenoxy) is 2. The molecule has 0 saturated heterocycles. The number of carbonyl (C=O) groups is 1. The molecule has 0 spiro atoms. The molecule has 22 heavy (non-hydrogen) atoms. The second-order valence-electron chi connectivity index (χ2n) is 5.30. The summed E-state index contributed by atoms with van der Waals surface area (Å²) in [7, 11) is 1.60. The number of amides is 1. The molecule has 0 aromatic heterocycles. The molecule has 0 fully saturated rings. The Kier molecular flexibility index (Phi) is 8.36. The topological polar surface area (TPSA) is 59.6 Å². The lowest BCUT2D eigenvalue weighted by Gasteiger charge is -2.15. The first-order valence-corrected chi connectivity index (χ1v) is 7.90. The smallest absolute Gasteiger partial charge is 0.257 e. The SMILES string of the molecule is CCC[C@H](C)NCc1ccc(OCC(=O)NCC)c(OC)c1. The number of nitrogens with one attached hydrogen (secondary N) is 2. The van der Waals surface area contributed by atoms with Crippen LogP contribution in [-0.2, 0) is 11.3 Å². The first-order chi connectivity index (χ1) is 10.6. The minimum Gasteiger partial charge on any atom is -0.493 e. The second kappa shape index (κ2) is 10.1. The van der Waals surface area contributed by atoms with Gasteiger partial charge in [0.25, 0.3) is 5.91 Å². The van der Waals surface area contributed by atoms with Crippen molar-refractivity contribution in [2.45, 2.75) is 46.2 Å². The van der Waals surface area contributed by atoms with Gasteiger partial charge in [0, 0.05) is 19.1 Å². The van der Waals surface area contributed by atoms with E-state index in [1.807, 2.05) is 25.1 Å². The van der Waals surface area contributed by atoms with E-state index in [0.717, 1.165) is 18.5 Å². The van der Waals surface area contributed by atoms with Gasteiger partial charge in [-0.15, -0.1) is 0 Å². The van der Waals surface area contributed by atoms with Crippen molar-refractivity contribution in [3.63, 3.8) is 0 Å². The molecule has 0 heterocycles. The molecule has 0 unspecified atom stereocenters. The van der Waals surface area contributed by atoms with Crippen molar-refractivity contribution >= 4 is 5.91 Å². The van der Waals surface area contributed by atoms with Gasteiger partial charge in [0.2, 0.25) is 0 Å². The highest BCUT2D eigenvalue weighted by Crippen LogP contribution is 2.28. The van der Waals surface area contributed by atoms with Crippen molar-refractivity contribution in [2.24, 2.45) is 0 Å². The van der Waals surface area contributed by atoms with Gasteiger partial charge in [0.05, 0.1) is 7.11 Å². The van der Waals surface area contributed by atoms with Crippen molar-refractivity contribution in [2.75, 3.05) is 20.3 Å². The van der Waals surface area contributed by atoms with Gasteiger partial charge in [-0.25, -0.2) is 0 Å². The van der Waals surface area contributed by atoms with E-state index in [0.29, 0.717) is 24.1 Å². The second-order valence-corrected chi connectivity index (χ2v) is 5.30. The summed E-state index contributed by atoms with van der Waals surface area (Å²) in [4.78, 5) is 11.4. The fraction of sp³-hybridized carbons (Fsp3) is 0.588. The van der Waals surface area contributed by atoms with Crippen LogP contribution in [0.15, 0.2) is 18.2 Å². The zero-order valence-electron chi connectivity index (χ0n) is 14.1. The van der Waals surface area contributed by atoms with Gasteiger partial charge in [-0.3, -0.25) is 4.79 Å². The summed E-state index contributed by atoms with van der Waals surface area (Å²) < 4.78 is 10.9. The summed E-state index contributed by atoms with van der Waals surface area (Å²) in [5.74, 6) is 1.09. The normalized spacial score (nSPS) is 11.8. The Bertz CT molecular complexity index is 463. The van der Waals surface area contributed by atoms with Crippen molar-refractivity contribution < 1.29 is 14.3 Å². The van der Waals surface area contributed by atoms with E-state index in [4.69, 9.17) is 9.47 Å². The van der Waals surface area contributed by atoms with Gasteiger partial charge in [-0.05, 0) is 38.0 Å². The molecule has 5 nitrogen and oxygen atoms in total. The lowest BCUT2D eigenvalue weighted by atomic mass is 10.1. The van der Waals surface area contributed by atoms with Gasteiger partial charge in [-0.2, -0.15) is 0 Å². The molecule has 0 radical (unpaired) electrons. The number of benzene rings is 1. The fourth-order valence-electron chi connectivity index (χ4n) is 2.16. The molecule has 1 aromatic rings. The first kappa shape index (κ1) is 18.3. The number of hydrogen-bond donors (Lipinski definition) is 2. The van der Waals surface area contributed by atoms with Crippen LogP contribution in [0.1, 0.15) is 39.2 Å². The fourth-order valence-corrected chi connectivity index (χ4v) is 2.16. The minimum atomic E-state index is -0.135. The molecular weight excluding hydrogens is 280 g/mol. The molecule has 5 heteroatoms. The van der Waals surface area contributed by atoms with E-state index in [1.165, 1.54) is 6.42 Å². The summed E-state index contributed by atoms with van der Waals surface area (Å²) in [5, 5.41) is 6.17. The van der Waals surface area contributed by atoms with Gasteiger partial charge < -0.3 is 20.1 Å². The van der Waals surface area contributed by atoms with Gasteiger partial charge >= 0.3 is 0 Å². The molecule has 1 rings (SSSR count). The Hall–Kier alpha value is -1.75. The van der Waals surface area contributed by atoms with Crippen LogP contribution in [-0.4, -0.2) is 32.2 Å². The van der Waals surface area contributed by atoms with Crippen molar-refractivity contribution in [3.05, 3.63) is 23.8 Å². The average Bonchev–Trinajstić information content (AvgIpc) is 2.51. The van der Waals surface area contributed by atoms with E-state index in [9.17, 15) is 4.79 Å². The van der Waals surface area contributed by atoms with E-state index >= 15 is 0 Å². The molecule has 1 amide bonds. The quantitative estimate of drug-likeness (QED) is 0.697. The Morgan fingerprint density at radius 3 is 2.68 bits per heavy atom. The van der Waals surface area contributed by atoms with E-state index < -0.39 is 0 Å². The summed E-state index contributed by atoms with van der Waals surface area (Å²) in [6, 6.07) is 6.27. The van der Waals surface area contributed by atoms with Crippen molar-refractivity contribution in [3.8, 4) is 11.5 Å². The average molecular weight is 308 g/mol. The Morgan fingerprint density at radius 2 is 2.05 bits per heavy atom. The van der Waals surface area contributed by atoms with Crippen molar-refractivity contribution in [1.29, 1.82) is 0 Å². The molecule has 124 valence electrons. The van der Waals surface area contributed by atoms with Crippen LogP contribution in [0.3, 0.4) is 0 Å². The van der Waals surface area contributed by atoms with Crippen LogP contribution in [0.25, 0.3) is 0 Å². The lowest BCUT2D eigenvalue weighted by molar-refractivity contribution is -0.123. The maximum Gasteiger partial charge on any atom is 0.257 e. The van der Waals surface area contributed by atoms with Crippen LogP contribution < -0.4 is 20.1 Å². The third-order valence-electron chi connectivity index (χ3n) is 3.34. The molecule has 0 aliphatic rings. The van der Waals surface area contributed by atoms with Crippen molar-refractivity contribution in [1.82, 2.24) is 10.6 Å². The first-order valence-electron chi connectivity index (χ1n) is 7.90. The molecule has 0 bridgehead atoms. The largest absolute Gasteiger partial charge is 0.493 e. The van der Waals surface area contributed by atoms with Crippen LogP contribution in [0, 0.1) is 0 Å². The highest BCUT2D eigenvalue weighted by molar-refractivity contribution is 5.77. The lowest BCUT2D eigenvalue weighted by Crippen LogP contribution is -2.28. The molecule has 2 N–H and O–H groups in total. The van der Waals surface area contributed by atoms with Gasteiger partial charge in [-0.1, -0.05) is 19.4 Å². The summed E-state index contributed by atoms with van der Waals surface area (Å²) in [5.41, 5.74) is 1.13. The van der Waals surface area contributed by atoms with Crippen LogP contribution in [0.4, 0.5) is 0 Å². The van der Waals surface area contributed by atoms with Gasteiger partial charge in [0.15, 0.2) is 18.1 Å². The third-order valence-corrected chi connectivity index (χ3v) is 3.34. The summed E-state index contributed by atoms with van der Waals surface area (Å²) in [6.45, 7) is 7.62. The molecule has 0 aliphatic carbocycles. The zero-order valence-corrected chi connectivity index (χ0v) is 14.1. The molecular formula is C17H28N2O3. The minimum absolute atomic E-state index is 0.00463. The highest BCUT2D eigenvalue weighted by atomic mass is 16.5. The predicted octanol–water partition coefficient (Wildman–Crippen LogP) is 2.49. The molecule has 1 aromatic carbocycles. The highest BCUT2D eigenvalue weighted by Gasteiger charge is 2.09. The van der Waals surface area contributed by atoms with Crippen LogP contribution in [0.2, 0.25) is 0 Å². The number of rotatable bonds is 10. The summed E-state index contributed by atoms with van der Waals surface area (Å²) >= 11 is 0. The van der Waals surface area contributed by atoms with E-state index in [-0.39, 0.29) is 12.5 Å². The monoisotopic (exact) mass is 308 g/mol. The molecule has 0 aliphatic heterocycles. The molecule has 1 atom stereocenters. The number of carbonyl (C=O) groups excluding carboxylic acids is 1. The number of likely N-dealkylation sites (N-methyl/N-ethyl adjacent to an activating group) is 1. The van der Waals surface area contributed by atoms with E-state index in [2.05, 4.69) is 24.5 Å². The third kappa shape index (κ3) is 6.35. The predicted molar refractivity (Wildman–Crippen MR) is 88.4 cm³/mol. The van der Waals surface area contributed by atoms with Crippen LogP contribution in [0.5, 0.6) is 11.5 Å². The maximum atomic E-state index is 11.4. The zero-order chi connectivity index (χ0) is 16.4. The Labute approximate surface area is 133 Å². The standard InChI is InChI=1S/C17H28N2O3/c1-5-7-13(3)19-11-14-8-9-15(16(10-14)21-4)22-12-17(20)18-6-2/h8-10,13,19H,5-7,11-12H2,1-4H3,(H,18,20)/t13-/m0/s1. The van der Waals surface area contributed by atoms with E-state index in [1.54, 1.807) is 7.11 Å². The van der Waals surface area contributed by atoms with Crippen LogP contribution >= 0.6 is 0 Å².